The Labute approximate surface area is 149 Å². The lowest BCUT2D eigenvalue weighted by molar-refractivity contribution is 0.194. The molecule has 1 saturated heterocycles. The summed E-state index contributed by atoms with van der Waals surface area (Å²) in [5.41, 5.74) is 2.34. The molecule has 0 amide bonds. The number of ether oxygens (including phenoxy) is 3. The Morgan fingerprint density at radius 3 is 2.12 bits per heavy atom. The van der Waals surface area contributed by atoms with Crippen LogP contribution < -0.4 is 19.5 Å². The van der Waals surface area contributed by atoms with Crippen LogP contribution in [0.5, 0.6) is 17.2 Å². The molecule has 1 fully saturated rings. The largest absolute Gasteiger partial charge is 0.493 e. The average Bonchev–Trinajstić information content (AvgIpc) is 2.69. The molecule has 0 spiro atoms. The van der Waals surface area contributed by atoms with Gasteiger partial charge in [0, 0.05) is 31.7 Å². The summed E-state index contributed by atoms with van der Waals surface area (Å²) in [7, 11) is 4.97. The quantitative estimate of drug-likeness (QED) is 0.874. The predicted molar refractivity (Wildman–Crippen MR) is 98.8 cm³/mol. The Bertz CT molecular complexity index is 685. The smallest absolute Gasteiger partial charge is 0.203 e. The lowest BCUT2D eigenvalue weighted by Gasteiger charge is -2.36. The standard InChI is InChI=1S/C20H26N2O3/c1-23-17-10-9-16(19(24-2)20(17)25-3)18(15-7-5-4-6-8-15)22-13-11-21-12-14-22/h4-10,18,21H,11-14H2,1-3H3. The first-order valence-corrected chi connectivity index (χ1v) is 8.58. The molecule has 134 valence electrons. The van der Waals surface area contributed by atoms with Crippen molar-refractivity contribution >= 4 is 0 Å². The summed E-state index contributed by atoms with van der Waals surface area (Å²) in [6, 6.07) is 14.7. The predicted octanol–water partition coefficient (Wildman–Crippen LogP) is 2.71. The van der Waals surface area contributed by atoms with E-state index in [4.69, 9.17) is 14.2 Å². The van der Waals surface area contributed by atoms with Crippen LogP contribution in [0, 0.1) is 0 Å². The Kier molecular flexibility index (Phi) is 5.79. The fraction of sp³-hybridized carbons (Fsp3) is 0.400. The highest BCUT2D eigenvalue weighted by atomic mass is 16.5. The zero-order valence-electron chi connectivity index (χ0n) is 15.1. The molecule has 3 rings (SSSR count). The highest BCUT2D eigenvalue weighted by Crippen LogP contribution is 2.45. The van der Waals surface area contributed by atoms with Crippen molar-refractivity contribution in [3.05, 3.63) is 53.6 Å². The number of benzene rings is 2. The first-order chi connectivity index (χ1) is 12.3. The average molecular weight is 342 g/mol. The van der Waals surface area contributed by atoms with Crippen molar-refractivity contribution in [1.29, 1.82) is 0 Å². The van der Waals surface area contributed by atoms with Crippen LogP contribution in [0.1, 0.15) is 17.2 Å². The molecule has 0 aromatic heterocycles. The highest BCUT2D eigenvalue weighted by molar-refractivity contribution is 5.58. The summed E-state index contributed by atoms with van der Waals surface area (Å²) in [6.07, 6.45) is 0. The van der Waals surface area contributed by atoms with Crippen molar-refractivity contribution in [2.75, 3.05) is 47.5 Å². The zero-order chi connectivity index (χ0) is 17.6. The molecule has 0 radical (unpaired) electrons. The van der Waals surface area contributed by atoms with Crippen LogP contribution in [0.2, 0.25) is 0 Å². The maximum absolute atomic E-state index is 5.76. The van der Waals surface area contributed by atoms with Crippen LogP contribution in [0.15, 0.2) is 42.5 Å². The van der Waals surface area contributed by atoms with E-state index in [1.807, 2.05) is 12.1 Å². The van der Waals surface area contributed by atoms with Gasteiger partial charge in [-0.15, -0.1) is 0 Å². The molecule has 1 heterocycles. The molecule has 1 N–H and O–H groups in total. The number of piperazine rings is 1. The van der Waals surface area contributed by atoms with Gasteiger partial charge >= 0.3 is 0 Å². The molecule has 0 aliphatic carbocycles. The maximum Gasteiger partial charge on any atom is 0.203 e. The molecule has 1 aliphatic heterocycles. The monoisotopic (exact) mass is 342 g/mol. The molecule has 1 unspecified atom stereocenters. The van der Waals surface area contributed by atoms with Gasteiger partial charge in [0.25, 0.3) is 0 Å². The summed E-state index contributed by atoms with van der Waals surface area (Å²) in [5, 5.41) is 3.42. The van der Waals surface area contributed by atoms with Gasteiger partial charge in [0.1, 0.15) is 0 Å². The van der Waals surface area contributed by atoms with Crippen LogP contribution in [0.25, 0.3) is 0 Å². The minimum absolute atomic E-state index is 0.109. The topological polar surface area (TPSA) is 43.0 Å². The summed E-state index contributed by atoms with van der Waals surface area (Å²) in [6.45, 7) is 3.94. The zero-order valence-corrected chi connectivity index (χ0v) is 15.1. The molecule has 0 bridgehead atoms. The van der Waals surface area contributed by atoms with Gasteiger partial charge in [-0.1, -0.05) is 30.3 Å². The van der Waals surface area contributed by atoms with E-state index in [0.717, 1.165) is 37.5 Å². The van der Waals surface area contributed by atoms with E-state index in [1.165, 1.54) is 5.56 Å². The number of rotatable bonds is 6. The van der Waals surface area contributed by atoms with Crippen molar-refractivity contribution in [1.82, 2.24) is 10.2 Å². The lowest BCUT2D eigenvalue weighted by Crippen LogP contribution is -2.45. The first kappa shape index (κ1) is 17.6. The molecular weight excluding hydrogens is 316 g/mol. The SMILES string of the molecule is COc1ccc(C(c2ccccc2)N2CCNCC2)c(OC)c1OC. The van der Waals surface area contributed by atoms with Crippen LogP contribution in [0.3, 0.4) is 0 Å². The van der Waals surface area contributed by atoms with Crippen LogP contribution in [0.4, 0.5) is 0 Å². The summed E-state index contributed by atoms with van der Waals surface area (Å²) >= 11 is 0. The normalized spacial score (nSPS) is 16.3. The van der Waals surface area contributed by atoms with E-state index < -0.39 is 0 Å². The van der Waals surface area contributed by atoms with Crippen molar-refractivity contribution in [2.24, 2.45) is 0 Å². The Morgan fingerprint density at radius 2 is 1.52 bits per heavy atom. The van der Waals surface area contributed by atoms with Gasteiger partial charge in [-0.3, -0.25) is 4.90 Å². The molecule has 2 aromatic carbocycles. The molecule has 2 aromatic rings. The van der Waals surface area contributed by atoms with Crippen molar-refractivity contribution in [3.63, 3.8) is 0 Å². The molecule has 0 saturated carbocycles. The van der Waals surface area contributed by atoms with Gasteiger partial charge in [0.2, 0.25) is 5.75 Å². The third-order valence-corrected chi connectivity index (χ3v) is 4.66. The molecule has 25 heavy (non-hydrogen) atoms. The van der Waals surface area contributed by atoms with E-state index >= 15 is 0 Å². The molecular formula is C20H26N2O3. The molecule has 1 atom stereocenters. The van der Waals surface area contributed by atoms with Crippen LogP contribution >= 0.6 is 0 Å². The fourth-order valence-electron chi connectivity index (χ4n) is 3.50. The third kappa shape index (κ3) is 3.57. The van der Waals surface area contributed by atoms with E-state index in [0.29, 0.717) is 11.5 Å². The van der Waals surface area contributed by atoms with E-state index in [-0.39, 0.29) is 6.04 Å². The second kappa shape index (κ2) is 8.23. The Morgan fingerprint density at radius 1 is 0.840 bits per heavy atom. The minimum Gasteiger partial charge on any atom is -0.493 e. The minimum atomic E-state index is 0.109. The summed E-state index contributed by atoms with van der Waals surface area (Å²) < 4.78 is 16.8. The number of hydrogen-bond acceptors (Lipinski definition) is 5. The van der Waals surface area contributed by atoms with E-state index in [9.17, 15) is 0 Å². The van der Waals surface area contributed by atoms with Gasteiger partial charge in [-0.2, -0.15) is 0 Å². The molecule has 5 nitrogen and oxygen atoms in total. The highest BCUT2D eigenvalue weighted by Gasteiger charge is 2.29. The van der Waals surface area contributed by atoms with Crippen molar-refractivity contribution in [3.8, 4) is 17.2 Å². The van der Waals surface area contributed by atoms with Gasteiger partial charge < -0.3 is 19.5 Å². The number of methoxy groups -OCH3 is 3. The first-order valence-electron chi connectivity index (χ1n) is 8.58. The third-order valence-electron chi connectivity index (χ3n) is 4.66. The van der Waals surface area contributed by atoms with E-state index in [2.05, 4.69) is 40.5 Å². The number of nitrogens with one attached hydrogen (secondary N) is 1. The van der Waals surface area contributed by atoms with Gasteiger partial charge in [0.05, 0.1) is 27.4 Å². The van der Waals surface area contributed by atoms with Crippen molar-refractivity contribution < 1.29 is 14.2 Å². The second-order valence-electron chi connectivity index (χ2n) is 6.02. The summed E-state index contributed by atoms with van der Waals surface area (Å²) in [5.74, 6) is 2.04. The van der Waals surface area contributed by atoms with E-state index in [1.54, 1.807) is 21.3 Å². The second-order valence-corrected chi connectivity index (χ2v) is 6.02. The molecule has 5 heteroatoms. The Hall–Kier alpha value is -2.24. The fourth-order valence-corrected chi connectivity index (χ4v) is 3.50. The van der Waals surface area contributed by atoms with Gasteiger partial charge in [-0.05, 0) is 17.7 Å². The van der Waals surface area contributed by atoms with Crippen LogP contribution in [-0.4, -0.2) is 52.4 Å². The Balaban J connectivity index is 2.12. The van der Waals surface area contributed by atoms with Crippen molar-refractivity contribution in [2.45, 2.75) is 6.04 Å². The number of hydrogen-bond donors (Lipinski definition) is 1. The number of nitrogens with zero attached hydrogens (tertiary/aromatic N) is 1. The lowest BCUT2D eigenvalue weighted by atomic mass is 9.95. The summed E-state index contributed by atoms with van der Waals surface area (Å²) in [4.78, 5) is 2.48. The maximum atomic E-state index is 5.76. The molecule has 1 aliphatic rings. The van der Waals surface area contributed by atoms with Gasteiger partial charge in [0.15, 0.2) is 11.5 Å². The van der Waals surface area contributed by atoms with Gasteiger partial charge in [-0.25, -0.2) is 0 Å². The van der Waals surface area contributed by atoms with Crippen LogP contribution in [-0.2, 0) is 0 Å².